The number of aromatic nitrogens is 1. The normalized spacial score (nSPS) is 20.6. The maximum Gasteiger partial charge on any atom is 0.261 e. The fraction of sp³-hybridized carbons (Fsp3) is 0.500. The van der Waals surface area contributed by atoms with E-state index in [1.54, 1.807) is 19.3 Å². The van der Waals surface area contributed by atoms with Crippen molar-refractivity contribution in [3.8, 4) is 0 Å². The third-order valence-electron chi connectivity index (χ3n) is 3.69. The predicted molar refractivity (Wildman–Crippen MR) is 78.6 cm³/mol. The van der Waals surface area contributed by atoms with E-state index in [4.69, 9.17) is 4.42 Å². The lowest BCUT2D eigenvalue weighted by molar-refractivity contribution is 0.126. The molecule has 1 atom stereocenters. The minimum Gasteiger partial charge on any atom is -0.458 e. The van der Waals surface area contributed by atoms with E-state index in [1.165, 1.54) is 4.57 Å². The molecule has 0 N–H and O–H groups in total. The number of aryl methyl sites for hydroxylation is 1. The summed E-state index contributed by atoms with van der Waals surface area (Å²) < 4.78 is 21.4. The highest BCUT2D eigenvalue weighted by Gasteiger charge is 2.21. The molecule has 0 radical (unpaired) electrons. The average Bonchev–Trinajstić information content (AvgIpc) is 2.81. The van der Waals surface area contributed by atoms with Crippen LogP contribution >= 0.6 is 15.9 Å². The smallest absolute Gasteiger partial charge is 0.261 e. The zero-order valence-electron chi connectivity index (χ0n) is 11.2. The second kappa shape index (κ2) is 5.33. The van der Waals surface area contributed by atoms with Crippen molar-refractivity contribution in [3.63, 3.8) is 0 Å². The van der Waals surface area contributed by atoms with Gasteiger partial charge in [-0.1, -0.05) is 0 Å². The highest BCUT2D eigenvalue weighted by Crippen LogP contribution is 2.26. The zero-order chi connectivity index (χ0) is 14.3. The summed E-state index contributed by atoms with van der Waals surface area (Å²) >= 11 is 3.40. The van der Waals surface area contributed by atoms with Crippen molar-refractivity contribution in [2.75, 3.05) is 13.1 Å². The fourth-order valence-corrected chi connectivity index (χ4v) is 3.30. The van der Waals surface area contributed by atoms with Crippen molar-refractivity contribution in [1.82, 2.24) is 9.47 Å². The Morgan fingerprint density at radius 1 is 1.55 bits per heavy atom. The van der Waals surface area contributed by atoms with Gasteiger partial charge >= 0.3 is 0 Å². The summed E-state index contributed by atoms with van der Waals surface area (Å²) in [5.41, 5.74) is 0.483. The van der Waals surface area contributed by atoms with Gasteiger partial charge in [0.1, 0.15) is 11.9 Å². The molecule has 1 fully saturated rings. The lowest BCUT2D eigenvalue weighted by Crippen LogP contribution is -2.35. The Morgan fingerprint density at radius 2 is 2.35 bits per heavy atom. The third-order valence-corrected chi connectivity index (χ3v) is 4.25. The van der Waals surface area contributed by atoms with Crippen LogP contribution in [0.4, 0.5) is 4.39 Å². The van der Waals surface area contributed by atoms with Crippen LogP contribution < -0.4 is 5.56 Å². The van der Waals surface area contributed by atoms with Gasteiger partial charge < -0.3 is 8.98 Å². The molecule has 1 aliphatic heterocycles. The van der Waals surface area contributed by atoms with Crippen LogP contribution in [0, 0.1) is 0 Å². The largest absolute Gasteiger partial charge is 0.458 e. The van der Waals surface area contributed by atoms with Crippen molar-refractivity contribution in [2.45, 2.75) is 25.6 Å². The fourth-order valence-electron chi connectivity index (χ4n) is 2.70. The molecule has 1 unspecified atom stereocenters. The molecule has 0 bridgehead atoms. The molecule has 1 aliphatic rings. The van der Waals surface area contributed by atoms with E-state index in [0.717, 1.165) is 17.4 Å². The first-order chi connectivity index (χ1) is 9.54. The molecule has 3 heterocycles. The van der Waals surface area contributed by atoms with Gasteiger partial charge in [-0.25, -0.2) is 4.39 Å². The summed E-state index contributed by atoms with van der Waals surface area (Å²) in [7, 11) is 1.71. The van der Waals surface area contributed by atoms with E-state index in [0.29, 0.717) is 36.2 Å². The maximum atomic E-state index is 13.4. The van der Waals surface area contributed by atoms with E-state index in [2.05, 4.69) is 15.9 Å². The molecule has 2 aromatic rings. The molecule has 0 aromatic carbocycles. The van der Waals surface area contributed by atoms with Gasteiger partial charge in [-0.05, 0) is 41.4 Å². The SMILES string of the molecule is Cn1cc(Br)c2oc(CN3CCCC(F)C3)cc2c1=O. The van der Waals surface area contributed by atoms with Gasteiger partial charge in [-0.3, -0.25) is 9.69 Å². The lowest BCUT2D eigenvalue weighted by atomic mass is 10.1. The van der Waals surface area contributed by atoms with Crippen molar-refractivity contribution in [2.24, 2.45) is 7.05 Å². The number of likely N-dealkylation sites (tertiary alicyclic amines) is 1. The third kappa shape index (κ3) is 2.54. The van der Waals surface area contributed by atoms with E-state index in [9.17, 15) is 9.18 Å². The maximum absolute atomic E-state index is 13.4. The Bertz CT molecular complexity index is 694. The van der Waals surface area contributed by atoms with Crippen LogP contribution in [0.25, 0.3) is 11.0 Å². The Labute approximate surface area is 124 Å². The lowest BCUT2D eigenvalue weighted by Gasteiger charge is -2.27. The highest BCUT2D eigenvalue weighted by molar-refractivity contribution is 9.10. The number of furan rings is 1. The molecule has 6 heteroatoms. The summed E-state index contributed by atoms with van der Waals surface area (Å²) in [5.74, 6) is 0.707. The first-order valence-electron chi connectivity index (χ1n) is 6.68. The molecule has 108 valence electrons. The summed E-state index contributed by atoms with van der Waals surface area (Å²) in [6.07, 6.45) is 2.44. The number of nitrogens with zero attached hydrogens (tertiary/aromatic N) is 2. The Balaban J connectivity index is 1.91. The van der Waals surface area contributed by atoms with Crippen LogP contribution in [-0.4, -0.2) is 28.7 Å². The Morgan fingerprint density at radius 3 is 3.10 bits per heavy atom. The van der Waals surface area contributed by atoms with Gasteiger partial charge in [-0.2, -0.15) is 0 Å². The minimum atomic E-state index is -0.757. The number of pyridine rings is 1. The molecule has 2 aromatic heterocycles. The molecule has 0 amide bonds. The second-order valence-corrected chi connectivity index (χ2v) is 6.18. The molecular formula is C14H16BrFN2O2. The van der Waals surface area contributed by atoms with Gasteiger partial charge in [0, 0.05) is 19.8 Å². The van der Waals surface area contributed by atoms with Crippen LogP contribution in [0.15, 0.2) is 25.9 Å². The number of fused-ring (bicyclic) bond motifs is 1. The van der Waals surface area contributed by atoms with Crippen molar-refractivity contribution >= 4 is 26.9 Å². The van der Waals surface area contributed by atoms with Crippen LogP contribution in [0.2, 0.25) is 0 Å². The number of piperidine rings is 1. The van der Waals surface area contributed by atoms with Crippen molar-refractivity contribution in [3.05, 3.63) is 32.8 Å². The summed E-state index contributed by atoms with van der Waals surface area (Å²) in [6, 6.07) is 1.77. The van der Waals surface area contributed by atoms with Crippen LogP contribution in [0.1, 0.15) is 18.6 Å². The number of hydrogen-bond donors (Lipinski definition) is 0. The van der Waals surface area contributed by atoms with Crippen LogP contribution in [0.5, 0.6) is 0 Å². The standard InChI is InChI=1S/C14H16BrFN2O2/c1-17-8-12(15)13-11(14(17)19)5-10(20-13)7-18-4-2-3-9(16)6-18/h5,8-9H,2-4,6-7H2,1H3. The Kier molecular flexibility index (Phi) is 3.69. The Hall–Kier alpha value is -1.14. The second-order valence-electron chi connectivity index (χ2n) is 5.32. The predicted octanol–water partition coefficient (Wildman–Crippen LogP) is 2.83. The monoisotopic (exact) mass is 342 g/mol. The molecule has 0 spiro atoms. The molecule has 20 heavy (non-hydrogen) atoms. The van der Waals surface area contributed by atoms with Gasteiger partial charge in [0.15, 0.2) is 5.58 Å². The average molecular weight is 343 g/mol. The van der Waals surface area contributed by atoms with Crippen LogP contribution in [0.3, 0.4) is 0 Å². The number of alkyl halides is 1. The number of halogens is 2. The van der Waals surface area contributed by atoms with Gasteiger partial charge in [-0.15, -0.1) is 0 Å². The topological polar surface area (TPSA) is 38.4 Å². The van der Waals surface area contributed by atoms with Crippen molar-refractivity contribution in [1.29, 1.82) is 0 Å². The van der Waals surface area contributed by atoms with Crippen LogP contribution in [-0.2, 0) is 13.6 Å². The first kappa shape index (κ1) is 13.8. The van der Waals surface area contributed by atoms with Gasteiger partial charge in [0.05, 0.1) is 16.4 Å². The summed E-state index contributed by atoms with van der Waals surface area (Å²) in [5, 5.41) is 0.561. The molecule has 1 saturated heterocycles. The van der Waals surface area contributed by atoms with E-state index in [1.807, 2.05) is 4.90 Å². The molecule has 3 rings (SSSR count). The van der Waals surface area contributed by atoms with E-state index in [-0.39, 0.29) is 5.56 Å². The molecule has 0 aliphatic carbocycles. The van der Waals surface area contributed by atoms with Gasteiger partial charge in [0.2, 0.25) is 0 Å². The summed E-state index contributed by atoms with van der Waals surface area (Å²) in [6.45, 7) is 1.86. The minimum absolute atomic E-state index is 0.0831. The molecule has 0 saturated carbocycles. The van der Waals surface area contributed by atoms with Gasteiger partial charge in [0.25, 0.3) is 5.56 Å². The van der Waals surface area contributed by atoms with E-state index >= 15 is 0 Å². The quantitative estimate of drug-likeness (QED) is 0.842. The molecule has 4 nitrogen and oxygen atoms in total. The first-order valence-corrected chi connectivity index (χ1v) is 7.48. The number of hydrogen-bond acceptors (Lipinski definition) is 3. The zero-order valence-corrected chi connectivity index (χ0v) is 12.8. The van der Waals surface area contributed by atoms with E-state index < -0.39 is 6.17 Å². The highest BCUT2D eigenvalue weighted by atomic mass is 79.9. The summed E-state index contributed by atoms with van der Waals surface area (Å²) in [4.78, 5) is 14.1. The van der Waals surface area contributed by atoms with Crippen molar-refractivity contribution < 1.29 is 8.81 Å². The number of rotatable bonds is 2. The molecular weight excluding hydrogens is 327 g/mol.